The number of aromatic nitrogens is 2. The highest BCUT2D eigenvalue weighted by atomic mass is 19.4. The number of anilines is 1. The lowest BCUT2D eigenvalue weighted by Gasteiger charge is -2.13. The van der Waals surface area contributed by atoms with E-state index in [9.17, 15) is 18.0 Å². The maximum absolute atomic E-state index is 12.7. The van der Waals surface area contributed by atoms with E-state index in [1.807, 2.05) is 0 Å². The molecular weight excluding hydrogens is 259 g/mol. The Kier molecular flexibility index (Phi) is 3.28. The average Bonchev–Trinajstić information content (AvgIpc) is 2.75. The van der Waals surface area contributed by atoms with E-state index in [1.165, 1.54) is 24.4 Å². The average molecular weight is 269 g/mol. The van der Waals surface area contributed by atoms with Crippen LogP contribution in [0.2, 0.25) is 0 Å². The van der Waals surface area contributed by atoms with Crippen molar-refractivity contribution in [3.05, 3.63) is 47.3 Å². The van der Waals surface area contributed by atoms with Gasteiger partial charge in [-0.3, -0.25) is 9.89 Å². The van der Waals surface area contributed by atoms with Crippen LogP contribution in [0.5, 0.6) is 0 Å². The Bertz CT molecular complexity index is 604. The van der Waals surface area contributed by atoms with E-state index < -0.39 is 17.6 Å². The molecule has 1 amide bonds. The van der Waals surface area contributed by atoms with Crippen LogP contribution in [0.1, 0.15) is 21.6 Å². The first-order valence-corrected chi connectivity index (χ1v) is 5.37. The molecule has 4 nitrogen and oxygen atoms in total. The van der Waals surface area contributed by atoms with Crippen LogP contribution in [0, 0.1) is 6.92 Å². The van der Waals surface area contributed by atoms with E-state index in [1.54, 1.807) is 6.92 Å². The van der Waals surface area contributed by atoms with Gasteiger partial charge in [0, 0.05) is 0 Å². The molecule has 1 heterocycles. The van der Waals surface area contributed by atoms with Crippen molar-refractivity contribution in [3.63, 3.8) is 0 Å². The van der Waals surface area contributed by atoms with Gasteiger partial charge in [0.25, 0.3) is 5.91 Å². The minimum absolute atomic E-state index is 0.136. The number of nitrogens with one attached hydrogen (secondary N) is 2. The van der Waals surface area contributed by atoms with Gasteiger partial charge in [0.05, 0.1) is 17.4 Å². The molecule has 0 saturated heterocycles. The van der Waals surface area contributed by atoms with Crippen molar-refractivity contribution in [3.8, 4) is 0 Å². The summed E-state index contributed by atoms with van der Waals surface area (Å²) in [7, 11) is 0. The van der Waals surface area contributed by atoms with Crippen LogP contribution in [0.3, 0.4) is 0 Å². The number of nitrogens with zero attached hydrogens (tertiary/aromatic N) is 1. The number of hydrogen-bond acceptors (Lipinski definition) is 2. The Labute approximate surface area is 106 Å². The number of benzene rings is 1. The Hall–Kier alpha value is -2.31. The third kappa shape index (κ3) is 2.75. The van der Waals surface area contributed by atoms with Gasteiger partial charge in [-0.05, 0) is 24.6 Å². The zero-order valence-electron chi connectivity index (χ0n) is 9.88. The van der Waals surface area contributed by atoms with Gasteiger partial charge in [-0.1, -0.05) is 12.1 Å². The molecule has 1 aromatic heterocycles. The number of H-pyrrole nitrogens is 1. The second kappa shape index (κ2) is 4.75. The van der Waals surface area contributed by atoms with Crippen LogP contribution in [0.15, 0.2) is 30.5 Å². The molecule has 2 N–H and O–H groups in total. The lowest BCUT2D eigenvalue weighted by Crippen LogP contribution is -2.17. The van der Waals surface area contributed by atoms with Gasteiger partial charge in [-0.2, -0.15) is 18.3 Å². The summed E-state index contributed by atoms with van der Waals surface area (Å²) in [6.07, 6.45) is -3.10. The highest BCUT2D eigenvalue weighted by Gasteiger charge is 2.33. The van der Waals surface area contributed by atoms with Crippen molar-refractivity contribution >= 4 is 11.6 Å². The lowest BCUT2D eigenvalue weighted by atomic mass is 10.1. The molecule has 0 radical (unpaired) electrons. The zero-order chi connectivity index (χ0) is 14.0. The monoisotopic (exact) mass is 269 g/mol. The Morgan fingerprint density at radius 2 is 2.00 bits per heavy atom. The maximum atomic E-state index is 12.7. The first kappa shape index (κ1) is 13.1. The largest absolute Gasteiger partial charge is 0.418 e. The second-order valence-corrected chi connectivity index (χ2v) is 3.93. The van der Waals surface area contributed by atoms with Crippen molar-refractivity contribution in [2.45, 2.75) is 13.1 Å². The SMILES string of the molecule is Cc1cn[nH]c1C(=O)Nc1ccccc1C(F)(F)F. The molecular formula is C12H10F3N3O. The van der Waals surface area contributed by atoms with Gasteiger partial charge >= 0.3 is 6.18 Å². The molecule has 2 aromatic rings. The Balaban J connectivity index is 2.30. The third-order valence-corrected chi connectivity index (χ3v) is 2.54. The number of aromatic amines is 1. The summed E-state index contributed by atoms with van der Waals surface area (Å²) in [5.74, 6) is -0.660. The van der Waals surface area contributed by atoms with Gasteiger partial charge in [0.1, 0.15) is 5.69 Å². The zero-order valence-corrected chi connectivity index (χ0v) is 9.88. The number of para-hydroxylation sites is 1. The van der Waals surface area contributed by atoms with Crippen LogP contribution >= 0.6 is 0 Å². The van der Waals surface area contributed by atoms with Crippen LogP contribution < -0.4 is 5.32 Å². The normalized spacial score (nSPS) is 11.4. The standard InChI is InChI=1S/C12H10F3N3O/c1-7-6-16-18-10(7)11(19)17-9-5-3-2-4-8(9)12(13,14)15/h2-6H,1H3,(H,16,18)(H,17,19). The summed E-state index contributed by atoms with van der Waals surface area (Å²) >= 11 is 0. The maximum Gasteiger partial charge on any atom is 0.418 e. The van der Waals surface area contributed by atoms with Crippen LogP contribution in [0.25, 0.3) is 0 Å². The molecule has 0 unspecified atom stereocenters. The molecule has 2 rings (SSSR count). The summed E-state index contributed by atoms with van der Waals surface area (Å²) < 4.78 is 38.2. The van der Waals surface area contributed by atoms with Gasteiger partial charge < -0.3 is 5.32 Å². The molecule has 0 aliphatic rings. The number of rotatable bonds is 2. The van der Waals surface area contributed by atoms with Crippen molar-refractivity contribution < 1.29 is 18.0 Å². The number of carbonyl (C=O) groups is 1. The first-order chi connectivity index (χ1) is 8.89. The summed E-state index contributed by atoms with van der Waals surface area (Å²) in [5.41, 5.74) is -0.478. The summed E-state index contributed by atoms with van der Waals surface area (Å²) in [6, 6.07) is 4.80. The fraction of sp³-hybridized carbons (Fsp3) is 0.167. The number of carbonyl (C=O) groups excluding carboxylic acids is 1. The molecule has 0 aliphatic heterocycles. The van der Waals surface area contributed by atoms with E-state index in [0.29, 0.717) is 5.56 Å². The molecule has 0 aliphatic carbocycles. The quantitative estimate of drug-likeness (QED) is 0.880. The number of hydrogen-bond donors (Lipinski definition) is 2. The number of aryl methyl sites for hydroxylation is 1. The van der Waals surface area contributed by atoms with E-state index in [2.05, 4.69) is 15.5 Å². The minimum Gasteiger partial charge on any atom is -0.320 e. The predicted molar refractivity (Wildman–Crippen MR) is 62.7 cm³/mol. The van der Waals surface area contributed by atoms with Crippen molar-refractivity contribution in [1.82, 2.24) is 10.2 Å². The van der Waals surface area contributed by atoms with E-state index in [0.717, 1.165) is 6.07 Å². The molecule has 1 aromatic carbocycles. The lowest BCUT2D eigenvalue weighted by molar-refractivity contribution is -0.136. The van der Waals surface area contributed by atoms with Crippen LogP contribution in [0.4, 0.5) is 18.9 Å². The molecule has 0 atom stereocenters. The minimum atomic E-state index is -4.52. The second-order valence-electron chi connectivity index (χ2n) is 3.93. The topological polar surface area (TPSA) is 57.8 Å². The summed E-state index contributed by atoms with van der Waals surface area (Å²) in [5, 5.41) is 8.32. The fourth-order valence-corrected chi connectivity index (χ4v) is 1.60. The van der Waals surface area contributed by atoms with Crippen molar-refractivity contribution in [2.75, 3.05) is 5.32 Å². The molecule has 19 heavy (non-hydrogen) atoms. The van der Waals surface area contributed by atoms with Crippen LogP contribution in [-0.2, 0) is 6.18 Å². The predicted octanol–water partition coefficient (Wildman–Crippen LogP) is 2.99. The van der Waals surface area contributed by atoms with Gasteiger partial charge in [0.15, 0.2) is 0 Å². The smallest absolute Gasteiger partial charge is 0.320 e. The molecule has 7 heteroatoms. The number of amides is 1. The van der Waals surface area contributed by atoms with E-state index >= 15 is 0 Å². The highest BCUT2D eigenvalue weighted by Crippen LogP contribution is 2.34. The highest BCUT2D eigenvalue weighted by molar-refractivity contribution is 6.04. The fourth-order valence-electron chi connectivity index (χ4n) is 1.60. The van der Waals surface area contributed by atoms with E-state index in [-0.39, 0.29) is 11.4 Å². The number of halogens is 3. The van der Waals surface area contributed by atoms with Crippen LogP contribution in [-0.4, -0.2) is 16.1 Å². The Morgan fingerprint density at radius 1 is 1.32 bits per heavy atom. The Morgan fingerprint density at radius 3 is 2.58 bits per heavy atom. The van der Waals surface area contributed by atoms with Crippen molar-refractivity contribution in [1.29, 1.82) is 0 Å². The van der Waals surface area contributed by atoms with Crippen molar-refractivity contribution in [2.24, 2.45) is 0 Å². The summed E-state index contributed by atoms with van der Waals surface area (Å²) in [4.78, 5) is 11.8. The molecule has 0 spiro atoms. The molecule has 0 fully saturated rings. The first-order valence-electron chi connectivity index (χ1n) is 5.37. The molecule has 0 saturated carbocycles. The van der Waals surface area contributed by atoms with Gasteiger partial charge in [-0.25, -0.2) is 0 Å². The third-order valence-electron chi connectivity index (χ3n) is 2.54. The number of alkyl halides is 3. The summed E-state index contributed by atoms with van der Waals surface area (Å²) in [6.45, 7) is 1.63. The molecule has 100 valence electrons. The molecule has 0 bridgehead atoms. The van der Waals surface area contributed by atoms with Gasteiger partial charge in [0.2, 0.25) is 0 Å². The van der Waals surface area contributed by atoms with Gasteiger partial charge in [-0.15, -0.1) is 0 Å². The van der Waals surface area contributed by atoms with E-state index in [4.69, 9.17) is 0 Å².